The van der Waals surface area contributed by atoms with E-state index in [1.165, 1.54) is 6.07 Å². The van der Waals surface area contributed by atoms with E-state index in [0.29, 0.717) is 23.6 Å². The van der Waals surface area contributed by atoms with Crippen LogP contribution in [0.3, 0.4) is 0 Å². The van der Waals surface area contributed by atoms with Crippen LogP contribution in [0, 0.1) is 5.82 Å². The lowest BCUT2D eigenvalue weighted by Crippen LogP contribution is -2.32. The highest BCUT2D eigenvalue weighted by molar-refractivity contribution is 6.02. The minimum absolute atomic E-state index is 0. The lowest BCUT2D eigenvalue weighted by Gasteiger charge is -2.22. The number of ether oxygens (including phenoxy) is 1. The van der Waals surface area contributed by atoms with Gasteiger partial charge in [0, 0.05) is 31.6 Å². The van der Waals surface area contributed by atoms with Crippen LogP contribution < -0.4 is 16.0 Å². The zero-order valence-corrected chi connectivity index (χ0v) is 17.0. The van der Waals surface area contributed by atoms with Crippen molar-refractivity contribution in [3.05, 3.63) is 42.0 Å². The maximum atomic E-state index is 14.3. The smallest absolute Gasteiger partial charge is 0.276 e. The van der Waals surface area contributed by atoms with Crippen molar-refractivity contribution in [2.45, 2.75) is 37.8 Å². The van der Waals surface area contributed by atoms with Gasteiger partial charge in [-0.2, -0.15) is 5.10 Å². The fraction of sp³-hybridized carbons (Fsp3) is 0.500. The van der Waals surface area contributed by atoms with Crippen LogP contribution >= 0.6 is 12.4 Å². The van der Waals surface area contributed by atoms with Crippen molar-refractivity contribution in [2.24, 2.45) is 0 Å². The molecule has 2 fully saturated rings. The highest BCUT2D eigenvalue weighted by atomic mass is 35.5. The van der Waals surface area contributed by atoms with Gasteiger partial charge in [0.15, 0.2) is 5.69 Å². The largest absolute Gasteiger partial charge is 0.380 e. The first-order chi connectivity index (χ1) is 13.7. The van der Waals surface area contributed by atoms with Crippen LogP contribution in [0.25, 0.3) is 0 Å². The second-order valence-corrected chi connectivity index (χ2v) is 7.35. The summed E-state index contributed by atoms with van der Waals surface area (Å²) in [5.41, 5.74) is 1.13. The van der Waals surface area contributed by atoms with Gasteiger partial charge in [0.05, 0.1) is 17.8 Å². The standard InChI is InChI=1S/C20H26FN5O2.ClH/c21-17-11-14(5-6-18(17)23-13-16-4-2-10-28-16)24-20(27)19-7-9-26(25-19)15-3-1-8-22-12-15;/h5-7,9,11,15-16,22-23H,1-4,8,10,12-13H2,(H,24,27);1H. The monoisotopic (exact) mass is 423 g/mol. The van der Waals surface area contributed by atoms with E-state index in [2.05, 4.69) is 21.0 Å². The Morgan fingerprint density at radius 2 is 2.21 bits per heavy atom. The van der Waals surface area contributed by atoms with Gasteiger partial charge in [-0.3, -0.25) is 9.48 Å². The molecule has 29 heavy (non-hydrogen) atoms. The zero-order valence-electron chi connectivity index (χ0n) is 16.2. The third-order valence-electron chi connectivity index (χ3n) is 5.26. The first-order valence-electron chi connectivity index (χ1n) is 9.91. The van der Waals surface area contributed by atoms with E-state index in [9.17, 15) is 9.18 Å². The molecule has 0 bridgehead atoms. The van der Waals surface area contributed by atoms with Crippen LogP contribution in [0.5, 0.6) is 0 Å². The average molecular weight is 424 g/mol. The highest BCUT2D eigenvalue weighted by Crippen LogP contribution is 2.21. The van der Waals surface area contributed by atoms with Gasteiger partial charge in [0.2, 0.25) is 0 Å². The maximum Gasteiger partial charge on any atom is 0.276 e. The number of nitrogens with zero attached hydrogens (tertiary/aromatic N) is 2. The molecular weight excluding hydrogens is 397 g/mol. The van der Waals surface area contributed by atoms with Gasteiger partial charge >= 0.3 is 0 Å². The third kappa shape index (κ3) is 5.46. The van der Waals surface area contributed by atoms with Crippen LogP contribution in [0.1, 0.15) is 42.2 Å². The van der Waals surface area contributed by atoms with Crippen LogP contribution in [-0.2, 0) is 4.74 Å². The Balaban J connectivity index is 0.00000240. The number of hydrogen-bond donors (Lipinski definition) is 3. The number of carbonyl (C=O) groups is 1. The van der Waals surface area contributed by atoms with E-state index < -0.39 is 5.82 Å². The molecule has 4 rings (SSSR count). The molecule has 3 heterocycles. The van der Waals surface area contributed by atoms with Gasteiger partial charge in [0.1, 0.15) is 5.82 Å². The van der Waals surface area contributed by atoms with Crippen LogP contribution in [0.2, 0.25) is 0 Å². The zero-order chi connectivity index (χ0) is 19.3. The molecule has 0 aliphatic carbocycles. The number of carbonyl (C=O) groups excluding carboxylic acids is 1. The van der Waals surface area contributed by atoms with Crippen LogP contribution in [-0.4, -0.2) is 48.0 Å². The van der Waals surface area contributed by atoms with E-state index >= 15 is 0 Å². The number of rotatable bonds is 6. The van der Waals surface area contributed by atoms with Gasteiger partial charge in [-0.25, -0.2) is 4.39 Å². The fourth-order valence-electron chi connectivity index (χ4n) is 3.68. The minimum Gasteiger partial charge on any atom is -0.380 e. The molecule has 9 heteroatoms. The Bertz CT molecular complexity index is 819. The highest BCUT2D eigenvalue weighted by Gasteiger charge is 2.19. The normalized spacial score (nSPS) is 21.4. The molecular formula is C20H27ClFN5O2. The number of benzene rings is 1. The van der Waals surface area contributed by atoms with E-state index in [1.807, 2.05) is 10.9 Å². The van der Waals surface area contributed by atoms with E-state index in [4.69, 9.17) is 4.74 Å². The molecule has 0 spiro atoms. The number of hydrogen-bond acceptors (Lipinski definition) is 5. The second-order valence-electron chi connectivity index (χ2n) is 7.35. The third-order valence-corrected chi connectivity index (χ3v) is 5.26. The molecule has 158 valence electrons. The molecule has 2 saturated heterocycles. The Morgan fingerprint density at radius 3 is 2.93 bits per heavy atom. The Morgan fingerprint density at radius 1 is 1.31 bits per heavy atom. The van der Waals surface area contributed by atoms with Crippen molar-refractivity contribution in [3.63, 3.8) is 0 Å². The quantitative estimate of drug-likeness (QED) is 0.664. The lowest BCUT2D eigenvalue weighted by atomic mass is 10.1. The molecule has 2 aliphatic rings. The second kappa shape index (κ2) is 10.0. The fourth-order valence-corrected chi connectivity index (χ4v) is 3.68. The summed E-state index contributed by atoms with van der Waals surface area (Å²) in [6.45, 7) is 3.23. The van der Waals surface area contributed by atoms with E-state index in [0.717, 1.165) is 45.4 Å². The number of anilines is 2. The van der Waals surface area contributed by atoms with Gasteiger partial charge in [-0.15, -0.1) is 12.4 Å². The van der Waals surface area contributed by atoms with Crippen molar-refractivity contribution in [3.8, 4) is 0 Å². The van der Waals surface area contributed by atoms with Gasteiger partial charge < -0.3 is 20.7 Å². The van der Waals surface area contributed by atoms with Crippen molar-refractivity contribution >= 4 is 29.7 Å². The summed E-state index contributed by atoms with van der Waals surface area (Å²) >= 11 is 0. The number of aromatic nitrogens is 2. The first kappa shape index (κ1) is 21.5. The van der Waals surface area contributed by atoms with Crippen molar-refractivity contribution < 1.29 is 13.9 Å². The van der Waals surface area contributed by atoms with Gasteiger partial charge in [-0.05, 0) is 56.5 Å². The molecule has 0 radical (unpaired) electrons. The summed E-state index contributed by atoms with van der Waals surface area (Å²) < 4.78 is 21.7. The Labute approximate surface area is 175 Å². The van der Waals surface area contributed by atoms with E-state index in [1.54, 1.807) is 18.2 Å². The van der Waals surface area contributed by atoms with Crippen LogP contribution in [0.4, 0.5) is 15.8 Å². The summed E-state index contributed by atoms with van der Waals surface area (Å²) in [7, 11) is 0. The maximum absolute atomic E-state index is 14.3. The van der Waals surface area contributed by atoms with Gasteiger partial charge in [0.25, 0.3) is 5.91 Å². The van der Waals surface area contributed by atoms with Crippen molar-refractivity contribution in [1.82, 2.24) is 15.1 Å². The topological polar surface area (TPSA) is 80.2 Å². The summed E-state index contributed by atoms with van der Waals surface area (Å²) in [5, 5.41) is 13.5. The minimum atomic E-state index is -0.408. The predicted molar refractivity (Wildman–Crippen MR) is 112 cm³/mol. The van der Waals surface area contributed by atoms with Crippen molar-refractivity contribution in [1.29, 1.82) is 0 Å². The molecule has 2 atom stereocenters. The van der Waals surface area contributed by atoms with Crippen LogP contribution in [0.15, 0.2) is 30.5 Å². The number of halogens is 2. The molecule has 1 amide bonds. The Kier molecular flexibility index (Phi) is 7.46. The molecule has 2 aliphatic heterocycles. The summed E-state index contributed by atoms with van der Waals surface area (Å²) in [6.07, 6.45) is 6.14. The molecule has 3 N–H and O–H groups in total. The molecule has 7 nitrogen and oxygen atoms in total. The summed E-state index contributed by atoms with van der Waals surface area (Å²) in [5.74, 6) is -0.753. The average Bonchev–Trinajstić information content (AvgIpc) is 3.40. The number of nitrogens with one attached hydrogen (secondary N) is 3. The van der Waals surface area contributed by atoms with E-state index in [-0.39, 0.29) is 30.5 Å². The number of piperidine rings is 1. The Hall–Kier alpha value is -2.16. The molecule has 1 aromatic carbocycles. The molecule has 0 saturated carbocycles. The SMILES string of the molecule is Cl.O=C(Nc1ccc(NCC2CCCO2)c(F)c1)c1ccn(C2CCCNC2)n1. The molecule has 2 aromatic rings. The molecule has 1 aromatic heterocycles. The van der Waals surface area contributed by atoms with Gasteiger partial charge in [-0.1, -0.05) is 0 Å². The number of amides is 1. The summed E-state index contributed by atoms with van der Waals surface area (Å²) in [6, 6.07) is 6.59. The van der Waals surface area contributed by atoms with Crippen molar-refractivity contribution in [2.75, 3.05) is 36.9 Å². The summed E-state index contributed by atoms with van der Waals surface area (Å²) in [4.78, 5) is 12.4. The predicted octanol–water partition coefficient (Wildman–Crippen LogP) is 3.21. The lowest BCUT2D eigenvalue weighted by molar-refractivity contribution is 0.102. The molecule has 2 unspecified atom stereocenters. The first-order valence-corrected chi connectivity index (χ1v) is 9.91.